The lowest BCUT2D eigenvalue weighted by Gasteiger charge is -2.04. The molecule has 0 aromatic heterocycles. The Morgan fingerprint density at radius 1 is 0.952 bits per heavy atom. The Hall–Kier alpha value is -1.28. The van der Waals surface area contributed by atoms with E-state index < -0.39 is 0 Å². The first-order chi connectivity index (χ1) is 10.4. The van der Waals surface area contributed by atoms with Crippen LogP contribution in [0.2, 0.25) is 0 Å². The number of allylic oxidation sites excluding steroid dienone is 1. The van der Waals surface area contributed by atoms with E-state index in [1.165, 1.54) is 0 Å². The summed E-state index contributed by atoms with van der Waals surface area (Å²) in [5.41, 5.74) is 6.48. The third-order valence-corrected chi connectivity index (χ3v) is 1.60. The quantitative estimate of drug-likeness (QED) is 0.722. The fraction of sp³-hybridized carbons (Fsp3) is 0.579. The Labute approximate surface area is 134 Å². The number of rotatable bonds is 4. The van der Waals surface area contributed by atoms with Gasteiger partial charge in [-0.2, -0.15) is 0 Å². The number of nitrogens with two attached hydrogens (primary N) is 1. The van der Waals surface area contributed by atoms with Gasteiger partial charge in [0, 0.05) is 6.54 Å². The zero-order chi connectivity index (χ0) is 17.5. The molecule has 2 N–H and O–H groups in total. The van der Waals surface area contributed by atoms with Crippen LogP contribution in [0.25, 0.3) is 6.08 Å². The summed E-state index contributed by atoms with van der Waals surface area (Å²) in [6.45, 7) is 19.1. The molecule has 126 valence electrons. The van der Waals surface area contributed by atoms with E-state index >= 15 is 0 Å². The first kappa shape index (κ1) is 28.0. The van der Waals surface area contributed by atoms with Crippen LogP contribution < -0.4 is 10.5 Å². The Bertz CT molecular complexity index is 283. The van der Waals surface area contributed by atoms with Crippen molar-refractivity contribution in [2.75, 3.05) is 13.2 Å². The molecule has 0 fully saturated rings. The van der Waals surface area contributed by atoms with Crippen molar-refractivity contribution in [3.63, 3.8) is 0 Å². The molecule has 0 atom stereocenters. The molecule has 1 aromatic carbocycles. The maximum Gasteiger partial charge on any atom is 0.119 e. The second-order valence-corrected chi connectivity index (χ2v) is 2.71. The predicted molar refractivity (Wildman–Crippen MR) is 101 cm³/mol. The molecule has 2 heteroatoms. The van der Waals surface area contributed by atoms with E-state index in [1.54, 1.807) is 0 Å². The van der Waals surface area contributed by atoms with E-state index in [9.17, 15) is 0 Å². The Balaban J connectivity index is -0.000000156. The Morgan fingerprint density at radius 2 is 1.48 bits per heavy atom. The highest BCUT2D eigenvalue weighted by atomic mass is 16.5. The summed E-state index contributed by atoms with van der Waals surface area (Å²) in [6.07, 6.45) is 4.04. The summed E-state index contributed by atoms with van der Waals surface area (Å²) in [5, 5.41) is 0. The van der Waals surface area contributed by atoms with E-state index in [1.807, 2.05) is 98.7 Å². The number of hydrogen-bond acceptors (Lipinski definition) is 2. The molecule has 0 unspecified atom stereocenters. The second-order valence-electron chi connectivity index (χ2n) is 2.71. The molecule has 0 aliphatic rings. The fourth-order valence-electron chi connectivity index (χ4n) is 1.08. The normalized spacial score (nSPS) is 7.71. The van der Waals surface area contributed by atoms with Crippen molar-refractivity contribution >= 4 is 6.08 Å². The molecule has 21 heavy (non-hydrogen) atoms. The summed E-state index contributed by atoms with van der Waals surface area (Å²) in [7, 11) is 0. The van der Waals surface area contributed by atoms with Gasteiger partial charge in [-0.1, -0.05) is 79.7 Å². The summed E-state index contributed by atoms with van der Waals surface area (Å²) >= 11 is 0. The molecule has 2 nitrogen and oxygen atoms in total. The lowest BCUT2D eigenvalue weighted by Crippen LogP contribution is -2.10. The molecule has 0 radical (unpaired) electrons. The van der Waals surface area contributed by atoms with Crippen molar-refractivity contribution < 1.29 is 4.74 Å². The Morgan fingerprint density at radius 3 is 1.90 bits per heavy atom. The van der Waals surface area contributed by atoms with Crippen LogP contribution in [0.1, 0.15) is 67.9 Å². The minimum Gasteiger partial charge on any atom is -0.492 e. The average molecular weight is 298 g/mol. The van der Waals surface area contributed by atoms with Gasteiger partial charge in [-0.25, -0.2) is 0 Å². The maximum atomic E-state index is 5.38. The highest BCUT2D eigenvalue weighted by molar-refractivity contribution is 5.51. The van der Waals surface area contributed by atoms with Crippen LogP contribution in [0.3, 0.4) is 0 Å². The molecular formula is C19H39NO. The van der Waals surface area contributed by atoms with Gasteiger partial charge in [-0.05, 0) is 24.6 Å². The van der Waals surface area contributed by atoms with Crippen LogP contribution >= 0.6 is 0 Å². The monoisotopic (exact) mass is 297 g/mol. The first-order valence-electron chi connectivity index (χ1n) is 8.42. The zero-order valence-corrected chi connectivity index (χ0v) is 15.9. The van der Waals surface area contributed by atoms with E-state index in [0.29, 0.717) is 13.2 Å². The van der Waals surface area contributed by atoms with Crippen LogP contribution in [0.5, 0.6) is 5.75 Å². The number of ether oxygens (including phenoxy) is 1. The van der Waals surface area contributed by atoms with Crippen LogP contribution in [0, 0.1) is 0 Å². The summed E-state index contributed by atoms with van der Waals surface area (Å²) in [4.78, 5) is 0. The van der Waals surface area contributed by atoms with Crippen molar-refractivity contribution in [2.45, 2.75) is 62.3 Å². The highest BCUT2D eigenvalue weighted by Crippen LogP contribution is 2.13. The van der Waals surface area contributed by atoms with Gasteiger partial charge in [0.2, 0.25) is 0 Å². The first-order valence-corrected chi connectivity index (χ1v) is 8.42. The molecule has 0 aliphatic heterocycles. The smallest absolute Gasteiger partial charge is 0.119 e. The van der Waals surface area contributed by atoms with Gasteiger partial charge in [0.15, 0.2) is 0 Å². The molecule has 0 heterocycles. The van der Waals surface area contributed by atoms with Crippen LogP contribution in [0.15, 0.2) is 30.3 Å². The van der Waals surface area contributed by atoms with Gasteiger partial charge < -0.3 is 10.5 Å². The molecule has 0 saturated carbocycles. The third kappa shape index (κ3) is 21.2. The Kier molecular flexibility index (Phi) is 41.6. The standard InChI is InChI=1S/C11H15NO.4C2H6/c1-2-4-10-5-3-6-11(9-10)13-8-7-12;4*1-2/h2-6,9H,7-8,12H2,1H3;4*1-2H3/b4-2+;;;;. The van der Waals surface area contributed by atoms with Gasteiger partial charge in [-0.3, -0.25) is 0 Å². The van der Waals surface area contributed by atoms with Crippen molar-refractivity contribution in [1.29, 1.82) is 0 Å². The van der Waals surface area contributed by atoms with Crippen LogP contribution in [0.4, 0.5) is 0 Å². The van der Waals surface area contributed by atoms with Crippen LogP contribution in [-0.4, -0.2) is 13.2 Å². The van der Waals surface area contributed by atoms with Gasteiger partial charge in [0.25, 0.3) is 0 Å². The van der Waals surface area contributed by atoms with Gasteiger partial charge in [0.05, 0.1) is 0 Å². The van der Waals surface area contributed by atoms with Gasteiger partial charge in [0.1, 0.15) is 12.4 Å². The number of benzene rings is 1. The molecule has 0 amide bonds. The second kappa shape index (κ2) is 31.2. The fourth-order valence-corrected chi connectivity index (χ4v) is 1.08. The lowest BCUT2D eigenvalue weighted by molar-refractivity contribution is 0.328. The van der Waals surface area contributed by atoms with Gasteiger partial charge >= 0.3 is 0 Å². The summed E-state index contributed by atoms with van der Waals surface area (Å²) in [5.74, 6) is 0.876. The molecular weight excluding hydrogens is 258 g/mol. The van der Waals surface area contributed by atoms with Crippen molar-refractivity contribution in [2.24, 2.45) is 5.73 Å². The third-order valence-electron chi connectivity index (χ3n) is 1.60. The highest BCUT2D eigenvalue weighted by Gasteiger charge is 1.92. The molecule has 1 rings (SSSR count). The van der Waals surface area contributed by atoms with E-state index in [0.717, 1.165) is 11.3 Å². The molecule has 0 bridgehead atoms. The van der Waals surface area contributed by atoms with Crippen molar-refractivity contribution in [3.8, 4) is 5.75 Å². The predicted octanol–water partition coefficient (Wildman–Crippen LogP) is 6.16. The largest absolute Gasteiger partial charge is 0.492 e. The molecule has 0 saturated heterocycles. The minimum atomic E-state index is 0.549. The minimum absolute atomic E-state index is 0.549. The molecule has 0 aliphatic carbocycles. The number of hydrogen-bond donors (Lipinski definition) is 1. The topological polar surface area (TPSA) is 35.2 Å². The van der Waals surface area contributed by atoms with E-state index in [-0.39, 0.29) is 0 Å². The van der Waals surface area contributed by atoms with E-state index in [2.05, 4.69) is 0 Å². The lowest BCUT2D eigenvalue weighted by atomic mass is 10.2. The maximum absolute atomic E-state index is 5.38. The van der Waals surface area contributed by atoms with Crippen molar-refractivity contribution in [1.82, 2.24) is 0 Å². The molecule has 1 aromatic rings. The van der Waals surface area contributed by atoms with Crippen LogP contribution in [-0.2, 0) is 0 Å². The average Bonchev–Trinajstić information content (AvgIpc) is 2.61. The van der Waals surface area contributed by atoms with E-state index in [4.69, 9.17) is 10.5 Å². The van der Waals surface area contributed by atoms with Gasteiger partial charge in [-0.15, -0.1) is 0 Å². The molecule has 0 spiro atoms. The van der Waals surface area contributed by atoms with Crippen molar-refractivity contribution in [3.05, 3.63) is 35.9 Å². The SMILES string of the molecule is C/C=C/c1cccc(OCCN)c1.CC.CC.CC.CC. The summed E-state index contributed by atoms with van der Waals surface area (Å²) in [6, 6.07) is 7.94. The summed E-state index contributed by atoms with van der Waals surface area (Å²) < 4.78 is 5.38. The zero-order valence-electron chi connectivity index (χ0n) is 15.9.